The fourth-order valence-corrected chi connectivity index (χ4v) is 2.39. The Morgan fingerprint density at radius 1 is 1.45 bits per heavy atom. The molecule has 0 bridgehead atoms. The number of aryl methyl sites for hydroxylation is 1. The average molecular weight is 289 g/mol. The number of nitrogens with zero attached hydrogens (tertiary/aromatic N) is 2. The third-order valence-electron chi connectivity index (χ3n) is 3.03. The number of aromatic amines is 1. The van der Waals surface area contributed by atoms with Gasteiger partial charge < -0.3 is 14.3 Å². The number of fused-ring (bicyclic) bond motifs is 1. The molecule has 20 heavy (non-hydrogen) atoms. The molecule has 2 aromatic rings. The summed E-state index contributed by atoms with van der Waals surface area (Å²) in [5.74, 6) is 0.559. The van der Waals surface area contributed by atoms with Crippen molar-refractivity contribution in [2.75, 3.05) is 13.2 Å². The van der Waals surface area contributed by atoms with Crippen molar-refractivity contribution < 1.29 is 4.74 Å². The predicted molar refractivity (Wildman–Crippen MR) is 82.1 cm³/mol. The summed E-state index contributed by atoms with van der Waals surface area (Å²) >= 11 is 5.34. The minimum atomic E-state index is 0.559. The van der Waals surface area contributed by atoms with Gasteiger partial charge in [0.2, 0.25) is 0 Å². The zero-order valence-electron chi connectivity index (χ0n) is 11.8. The summed E-state index contributed by atoms with van der Waals surface area (Å²) in [4.78, 5) is 3.17. The van der Waals surface area contributed by atoms with Gasteiger partial charge in [0.1, 0.15) is 0 Å². The van der Waals surface area contributed by atoms with Crippen molar-refractivity contribution in [1.82, 2.24) is 9.55 Å². The highest BCUT2D eigenvalue weighted by Gasteiger charge is 2.05. The molecule has 0 radical (unpaired) electrons. The summed E-state index contributed by atoms with van der Waals surface area (Å²) < 4.78 is 8.31. The Hall–Kier alpha value is -1.64. The molecule has 0 aliphatic carbocycles. The molecule has 1 N–H and O–H groups in total. The summed E-state index contributed by atoms with van der Waals surface area (Å²) in [6.45, 7) is 6.59. The highest BCUT2D eigenvalue weighted by atomic mass is 32.1. The van der Waals surface area contributed by atoms with Gasteiger partial charge in [0.05, 0.1) is 22.7 Å². The van der Waals surface area contributed by atoms with E-state index in [2.05, 4.69) is 24.9 Å². The summed E-state index contributed by atoms with van der Waals surface area (Å²) in [5.41, 5.74) is 2.60. The Labute approximate surface area is 124 Å². The maximum Gasteiger partial charge on any atom is 0.178 e. The lowest BCUT2D eigenvalue weighted by Crippen LogP contribution is -2.06. The van der Waals surface area contributed by atoms with E-state index in [0.717, 1.165) is 37.2 Å². The molecule has 2 rings (SSSR count). The van der Waals surface area contributed by atoms with Crippen molar-refractivity contribution >= 4 is 23.3 Å². The molecular weight excluding hydrogens is 270 g/mol. The number of nitriles is 1. The molecule has 0 saturated heterocycles. The highest BCUT2D eigenvalue weighted by molar-refractivity contribution is 7.71. The Morgan fingerprint density at radius 2 is 2.25 bits per heavy atom. The van der Waals surface area contributed by atoms with E-state index in [4.69, 9.17) is 22.2 Å². The minimum absolute atomic E-state index is 0.559. The van der Waals surface area contributed by atoms with E-state index in [1.807, 2.05) is 16.7 Å². The largest absolute Gasteiger partial charge is 0.381 e. The average Bonchev–Trinajstić information content (AvgIpc) is 2.73. The van der Waals surface area contributed by atoms with Gasteiger partial charge in [-0.05, 0) is 42.8 Å². The number of rotatable bonds is 6. The summed E-state index contributed by atoms with van der Waals surface area (Å²) in [7, 11) is 0. The molecular formula is C15H19N3OS. The number of benzene rings is 1. The zero-order chi connectivity index (χ0) is 14.5. The van der Waals surface area contributed by atoms with Crippen LogP contribution in [0.2, 0.25) is 0 Å². The Morgan fingerprint density at radius 3 is 2.95 bits per heavy atom. The normalized spacial score (nSPS) is 11.1. The second-order valence-electron chi connectivity index (χ2n) is 5.25. The maximum absolute atomic E-state index is 8.98. The summed E-state index contributed by atoms with van der Waals surface area (Å²) in [5, 5.41) is 8.98. The molecule has 4 nitrogen and oxygen atoms in total. The Kier molecular flexibility index (Phi) is 4.94. The standard InChI is InChI=1S/C15H19N3OS/c1-11(2)10-19-7-3-6-18-14-8-12(9-16)4-5-13(14)17-15(18)20/h4-5,8,11H,3,6-7,10H2,1-2H3,(H,17,20). The molecule has 1 aromatic heterocycles. The second-order valence-corrected chi connectivity index (χ2v) is 5.63. The van der Waals surface area contributed by atoms with Crippen LogP contribution in [0.1, 0.15) is 25.8 Å². The van der Waals surface area contributed by atoms with Gasteiger partial charge in [-0.25, -0.2) is 0 Å². The first kappa shape index (κ1) is 14.8. The van der Waals surface area contributed by atoms with Crippen LogP contribution in [0, 0.1) is 22.0 Å². The van der Waals surface area contributed by atoms with E-state index in [-0.39, 0.29) is 0 Å². The van der Waals surface area contributed by atoms with Crippen molar-refractivity contribution in [3.63, 3.8) is 0 Å². The summed E-state index contributed by atoms with van der Waals surface area (Å²) in [6, 6.07) is 7.72. The van der Waals surface area contributed by atoms with Gasteiger partial charge in [-0.15, -0.1) is 0 Å². The molecule has 0 aliphatic rings. The molecule has 106 valence electrons. The SMILES string of the molecule is CC(C)COCCCn1c(=S)[nH]c2ccc(C#N)cc21. The Balaban J connectivity index is 2.07. The number of nitrogens with one attached hydrogen (secondary N) is 1. The zero-order valence-corrected chi connectivity index (χ0v) is 12.7. The lowest BCUT2D eigenvalue weighted by atomic mass is 10.2. The van der Waals surface area contributed by atoms with Crippen LogP contribution < -0.4 is 0 Å². The molecule has 0 amide bonds. The van der Waals surface area contributed by atoms with E-state index in [9.17, 15) is 0 Å². The molecule has 1 aromatic carbocycles. The minimum Gasteiger partial charge on any atom is -0.381 e. The van der Waals surface area contributed by atoms with E-state index in [1.165, 1.54) is 0 Å². The first-order chi connectivity index (χ1) is 9.61. The number of ether oxygens (including phenoxy) is 1. The van der Waals surface area contributed by atoms with Crippen LogP contribution in [0.5, 0.6) is 0 Å². The van der Waals surface area contributed by atoms with Crippen molar-refractivity contribution in [3.8, 4) is 6.07 Å². The third-order valence-corrected chi connectivity index (χ3v) is 3.35. The van der Waals surface area contributed by atoms with E-state index < -0.39 is 0 Å². The number of hydrogen-bond donors (Lipinski definition) is 1. The van der Waals surface area contributed by atoms with Crippen molar-refractivity contribution in [3.05, 3.63) is 28.5 Å². The topological polar surface area (TPSA) is 53.7 Å². The fraction of sp³-hybridized carbons (Fsp3) is 0.467. The fourth-order valence-electron chi connectivity index (χ4n) is 2.09. The smallest absolute Gasteiger partial charge is 0.178 e. The Bertz CT molecular complexity index is 678. The molecule has 5 heteroatoms. The first-order valence-electron chi connectivity index (χ1n) is 6.82. The van der Waals surface area contributed by atoms with Crippen LogP contribution in [0.15, 0.2) is 18.2 Å². The quantitative estimate of drug-likeness (QED) is 0.652. The molecule has 0 aliphatic heterocycles. The molecule has 0 atom stereocenters. The van der Waals surface area contributed by atoms with E-state index in [0.29, 0.717) is 16.3 Å². The van der Waals surface area contributed by atoms with Gasteiger partial charge in [-0.2, -0.15) is 5.26 Å². The summed E-state index contributed by atoms with van der Waals surface area (Å²) in [6.07, 6.45) is 0.908. The molecule has 0 fully saturated rings. The van der Waals surface area contributed by atoms with Gasteiger partial charge in [-0.1, -0.05) is 13.8 Å². The maximum atomic E-state index is 8.98. The lowest BCUT2D eigenvalue weighted by Gasteiger charge is -2.08. The van der Waals surface area contributed by atoms with Crippen LogP contribution in [-0.4, -0.2) is 22.8 Å². The van der Waals surface area contributed by atoms with Crippen molar-refractivity contribution in [2.24, 2.45) is 5.92 Å². The number of imidazole rings is 1. The number of H-pyrrole nitrogens is 1. The van der Waals surface area contributed by atoms with Crippen molar-refractivity contribution in [1.29, 1.82) is 5.26 Å². The third kappa shape index (κ3) is 3.47. The second kappa shape index (κ2) is 6.69. The monoisotopic (exact) mass is 289 g/mol. The van der Waals surface area contributed by atoms with Crippen molar-refractivity contribution in [2.45, 2.75) is 26.8 Å². The van der Waals surface area contributed by atoms with Gasteiger partial charge in [0, 0.05) is 19.8 Å². The van der Waals surface area contributed by atoms with Crippen LogP contribution in [-0.2, 0) is 11.3 Å². The van der Waals surface area contributed by atoms with Gasteiger partial charge in [0.15, 0.2) is 4.77 Å². The number of hydrogen-bond acceptors (Lipinski definition) is 3. The van der Waals surface area contributed by atoms with Crippen LogP contribution in [0.4, 0.5) is 0 Å². The van der Waals surface area contributed by atoms with Crippen LogP contribution in [0.3, 0.4) is 0 Å². The van der Waals surface area contributed by atoms with E-state index in [1.54, 1.807) is 6.07 Å². The molecule has 0 unspecified atom stereocenters. The highest BCUT2D eigenvalue weighted by Crippen LogP contribution is 2.16. The molecule has 0 saturated carbocycles. The van der Waals surface area contributed by atoms with E-state index >= 15 is 0 Å². The van der Waals surface area contributed by atoms with Crippen LogP contribution >= 0.6 is 12.2 Å². The van der Waals surface area contributed by atoms with Crippen LogP contribution in [0.25, 0.3) is 11.0 Å². The lowest BCUT2D eigenvalue weighted by molar-refractivity contribution is 0.105. The molecule has 1 heterocycles. The van der Waals surface area contributed by atoms with Gasteiger partial charge in [-0.3, -0.25) is 0 Å². The predicted octanol–water partition coefficient (Wildman–Crippen LogP) is 3.63. The van der Waals surface area contributed by atoms with Gasteiger partial charge in [0.25, 0.3) is 0 Å². The number of aromatic nitrogens is 2. The first-order valence-corrected chi connectivity index (χ1v) is 7.23. The van der Waals surface area contributed by atoms with Gasteiger partial charge >= 0.3 is 0 Å². The molecule has 0 spiro atoms.